The van der Waals surface area contributed by atoms with Crippen LogP contribution >= 0.6 is 31.9 Å². The van der Waals surface area contributed by atoms with Crippen LogP contribution in [-0.4, -0.2) is 40.7 Å². The lowest BCUT2D eigenvalue weighted by molar-refractivity contribution is 0.0697. The number of aryl methyl sites for hydroxylation is 1. The van der Waals surface area contributed by atoms with Crippen molar-refractivity contribution in [1.82, 2.24) is 9.66 Å². The number of carboxylic acid groups (broad SMARTS) is 1. The molecular formula is C36H33Br2N3O6. The Bertz CT molecular complexity index is 2060. The van der Waals surface area contributed by atoms with Crippen LogP contribution in [0.2, 0.25) is 0 Å². The van der Waals surface area contributed by atoms with Crippen LogP contribution < -0.4 is 19.8 Å². The number of para-hydroxylation sites is 1. The Kier molecular flexibility index (Phi) is 10.5. The van der Waals surface area contributed by atoms with Gasteiger partial charge in [-0.2, -0.15) is 9.78 Å². The molecule has 1 N–H and O–H groups in total. The Morgan fingerprint density at radius 1 is 1.02 bits per heavy atom. The summed E-state index contributed by atoms with van der Waals surface area (Å²) >= 11 is 7.26. The minimum Gasteiger partial charge on any atom is -0.494 e. The van der Waals surface area contributed by atoms with E-state index in [-0.39, 0.29) is 23.6 Å². The maximum Gasteiger partial charge on any atom is 0.335 e. The molecule has 0 aliphatic rings. The minimum absolute atomic E-state index is 0.172. The molecule has 0 amide bonds. The summed E-state index contributed by atoms with van der Waals surface area (Å²) in [5, 5.41) is 14.3. The summed E-state index contributed by atoms with van der Waals surface area (Å²) in [5.41, 5.74) is 4.54. The SMILES string of the molecule is CCOc1cc(C)c(-c2nc3ccccc3c(=O)n2N=Cc2cc(OC)c(OCc3ccc(C(=O)O)cc3)c(Br)c2Br)cc1C(C)C. The second kappa shape index (κ2) is 14.5. The van der Waals surface area contributed by atoms with E-state index < -0.39 is 5.97 Å². The summed E-state index contributed by atoms with van der Waals surface area (Å²) in [7, 11) is 1.53. The van der Waals surface area contributed by atoms with Crippen molar-refractivity contribution in [1.29, 1.82) is 0 Å². The molecule has 11 heteroatoms. The topological polar surface area (TPSA) is 112 Å². The summed E-state index contributed by atoms with van der Waals surface area (Å²) in [6.45, 7) is 8.84. The Morgan fingerprint density at radius 3 is 2.40 bits per heavy atom. The molecular weight excluding hydrogens is 730 g/mol. The van der Waals surface area contributed by atoms with Gasteiger partial charge in [0.15, 0.2) is 17.3 Å². The first-order valence-electron chi connectivity index (χ1n) is 14.9. The fraction of sp³-hybridized carbons (Fsp3) is 0.222. The van der Waals surface area contributed by atoms with Gasteiger partial charge in [0.05, 0.1) is 40.9 Å². The van der Waals surface area contributed by atoms with E-state index in [1.165, 1.54) is 23.9 Å². The van der Waals surface area contributed by atoms with Gasteiger partial charge in [-0.05, 0) is 111 Å². The fourth-order valence-electron chi connectivity index (χ4n) is 5.08. The van der Waals surface area contributed by atoms with Gasteiger partial charge >= 0.3 is 5.97 Å². The van der Waals surface area contributed by atoms with E-state index in [1.54, 1.807) is 36.5 Å². The molecule has 0 aliphatic carbocycles. The molecule has 0 saturated heterocycles. The van der Waals surface area contributed by atoms with Gasteiger partial charge in [0, 0.05) is 15.6 Å². The van der Waals surface area contributed by atoms with Crippen LogP contribution in [0.25, 0.3) is 22.3 Å². The summed E-state index contributed by atoms with van der Waals surface area (Å²) in [6.07, 6.45) is 1.57. The van der Waals surface area contributed by atoms with E-state index in [1.807, 2.05) is 38.1 Å². The van der Waals surface area contributed by atoms with Crippen molar-refractivity contribution in [2.45, 2.75) is 40.2 Å². The van der Waals surface area contributed by atoms with Crippen LogP contribution in [0.1, 0.15) is 59.3 Å². The molecule has 0 unspecified atom stereocenters. The number of nitrogens with zero attached hydrogens (tertiary/aromatic N) is 3. The Labute approximate surface area is 289 Å². The van der Waals surface area contributed by atoms with Gasteiger partial charge in [-0.15, -0.1) is 0 Å². The van der Waals surface area contributed by atoms with Gasteiger partial charge in [-0.25, -0.2) is 9.78 Å². The number of fused-ring (bicyclic) bond motifs is 1. The third kappa shape index (κ3) is 7.11. The van der Waals surface area contributed by atoms with Crippen molar-refractivity contribution >= 4 is 54.9 Å². The first-order valence-corrected chi connectivity index (χ1v) is 16.5. The van der Waals surface area contributed by atoms with Gasteiger partial charge in [-0.3, -0.25) is 4.79 Å². The Balaban J connectivity index is 1.58. The maximum atomic E-state index is 13.9. The van der Waals surface area contributed by atoms with Gasteiger partial charge in [0.25, 0.3) is 5.56 Å². The number of benzene rings is 4. The fourth-order valence-corrected chi connectivity index (χ4v) is 6.02. The van der Waals surface area contributed by atoms with Crippen LogP contribution in [0.3, 0.4) is 0 Å². The standard InChI is InChI=1S/C36H33Br2N3O6/c1-6-46-29-15-21(4)27(17-26(29)20(2)3)34-40-28-10-8-7-9-25(28)35(42)41(34)39-18-24-16-30(45-5)33(32(38)31(24)37)47-19-22-11-13-23(14-12-22)36(43)44/h7-18,20H,6,19H2,1-5H3,(H,43,44). The zero-order valence-corrected chi connectivity index (χ0v) is 29.7. The lowest BCUT2D eigenvalue weighted by Crippen LogP contribution is -2.21. The Morgan fingerprint density at radius 2 is 1.74 bits per heavy atom. The molecule has 0 saturated carbocycles. The molecule has 9 nitrogen and oxygen atoms in total. The van der Waals surface area contributed by atoms with Crippen molar-refractivity contribution in [3.05, 3.63) is 114 Å². The molecule has 0 aliphatic heterocycles. The van der Waals surface area contributed by atoms with Crippen LogP contribution in [0, 0.1) is 6.92 Å². The molecule has 0 bridgehead atoms. The van der Waals surface area contributed by atoms with Crippen molar-refractivity contribution in [2.24, 2.45) is 5.10 Å². The number of aromatic carboxylic acids is 1. The highest BCUT2D eigenvalue weighted by Crippen LogP contribution is 2.43. The summed E-state index contributed by atoms with van der Waals surface area (Å²) in [6, 6.07) is 19.4. The van der Waals surface area contributed by atoms with Gasteiger partial charge in [-0.1, -0.05) is 38.1 Å². The molecule has 1 aromatic heterocycles. The van der Waals surface area contributed by atoms with Crippen molar-refractivity contribution < 1.29 is 24.1 Å². The van der Waals surface area contributed by atoms with Crippen LogP contribution in [-0.2, 0) is 6.61 Å². The minimum atomic E-state index is -0.994. The second-order valence-corrected chi connectivity index (χ2v) is 12.6. The van der Waals surface area contributed by atoms with Crippen LogP contribution in [0.5, 0.6) is 17.2 Å². The van der Waals surface area contributed by atoms with Gasteiger partial charge in [0.2, 0.25) is 0 Å². The zero-order valence-electron chi connectivity index (χ0n) is 26.5. The molecule has 0 spiro atoms. The predicted octanol–water partition coefficient (Wildman–Crippen LogP) is 8.59. The average molecular weight is 763 g/mol. The number of rotatable bonds is 11. The molecule has 0 fully saturated rings. The number of ether oxygens (including phenoxy) is 3. The number of aromatic nitrogens is 2. The number of hydrogen-bond donors (Lipinski definition) is 1. The lowest BCUT2D eigenvalue weighted by Gasteiger charge is -2.18. The number of halogens is 2. The molecule has 0 atom stereocenters. The average Bonchev–Trinajstić information content (AvgIpc) is 3.05. The van der Waals surface area contributed by atoms with Crippen LogP contribution in [0.15, 0.2) is 85.6 Å². The number of carbonyl (C=O) groups is 1. The van der Waals surface area contributed by atoms with Crippen molar-refractivity contribution in [3.8, 4) is 28.6 Å². The quantitative estimate of drug-likeness (QED) is 0.134. The highest BCUT2D eigenvalue weighted by Gasteiger charge is 2.20. The van der Waals surface area contributed by atoms with Crippen molar-refractivity contribution in [2.75, 3.05) is 13.7 Å². The van der Waals surface area contributed by atoms with E-state index in [0.717, 1.165) is 28.0 Å². The second-order valence-electron chi connectivity index (χ2n) is 11.0. The van der Waals surface area contributed by atoms with E-state index >= 15 is 0 Å². The third-order valence-corrected chi connectivity index (χ3v) is 9.69. The van der Waals surface area contributed by atoms with E-state index in [4.69, 9.17) is 24.3 Å². The van der Waals surface area contributed by atoms with Gasteiger partial charge in [0.1, 0.15) is 12.4 Å². The van der Waals surface area contributed by atoms with Gasteiger partial charge < -0.3 is 19.3 Å². The van der Waals surface area contributed by atoms with E-state index in [0.29, 0.717) is 49.3 Å². The zero-order chi connectivity index (χ0) is 33.8. The van der Waals surface area contributed by atoms with E-state index in [9.17, 15) is 14.7 Å². The maximum absolute atomic E-state index is 13.9. The number of hydrogen-bond acceptors (Lipinski definition) is 7. The molecule has 0 radical (unpaired) electrons. The largest absolute Gasteiger partial charge is 0.494 e. The monoisotopic (exact) mass is 761 g/mol. The summed E-state index contributed by atoms with van der Waals surface area (Å²) < 4.78 is 20.2. The highest BCUT2D eigenvalue weighted by molar-refractivity contribution is 9.13. The van der Waals surface area contributed by atoms with Crippen molar-refractivity contribution in [3.63, 3.8) is 0 Å². The normalized spacial score (nSPS) is 11.4. The molecule has 1 heterocycles. The molecule has 242 valence electrons. The molecule has 4 aromatic carbocycles. The summed E-state index contributed by atoms with van der Waals surface area (Å²) in [5.74, 6) is 1.26. The lowest BCUT2D eigenvalue weighted by atomic mass is 9.96. The highest BCUT2D eigenvalue weighted by atomic mass is 79.9. The predicted molar refractivity (Wildman–Crippen MR) is 191 cm³/mol. The number of methoxy groups -OCH3 is 1. The third-order valence-electron chi connectivity index (χ3n) is 7.55. The van der Waals surface area contributed by atoms with E-state index in [2.05, 4.69) is 45.7 Å². The van der Waals surface area contributed by atoms with Crippen LogP contribution in [0.4, 0.5) is 0 Å². The number of carboxylic acids is 1. The summed E-state index contributed by atoms with van der Waals surface area (Å²) in [4.78, 5) is 30.0. The molecule has 47 heavy (non-hydrogen) atoms. The molecule has 5 rings (SSSR count). The first kappa shape index (κ1) is 33.9. The first-order chi connectivity index (χ1) is 22.5. The smallest absolute Gasteiger partial charge is 0.335 e. The Hall–Kier alpha value is -4.48. The molecule has 5 aromatic rings.